The van der Waals surface area contributed by atoms with Gasteiger partial charge in [0, 0.05) is 18.9 Å². The average Bonchev–Trinajstić information content (AvgIpc) is 1.88. The Labute approximate surface area is 77.0 Å². The van der Waals surface area contributed by atoms with Crippen LogP contribution in [0.2, 0.25) is 0 Å². The highest BCUT2D eigenvalue weighted by Crippen LogP contribution is 2.05. The van der Waals surface area contributed by atoms with E-state index in [9.17, 15) is 8.42 Å². The molecule has 0 N–H and O–H groups in total. The van der Waals surface area contributed by atoms with Crippen LogP contribution >= 0.6 is 15.9 Å². The van der Waals surface area contributed by atoms with E-state index in [1.54, 1.807) is 20.9 Å². The van der Waals surface area contributed by atoms with Gasteiger partial charge in [0.25, 0.3) is 0 Å². The van der Waals surface area contributed by atoms with E-state index in [4.69, 9.17) is 0 Å². The molecular formula is C6H14BrNO2S. The number of halogens is 1. The third kappa shape index (κ3) is 3.09. The topological polar surface area (TPSA) is 37.4 Å². The van der Waals surface area contributed by atoms with Crippen molar-refractivity contribution in [2.24, 2.45) is 0 Å². The predicted molar refractivity (Wildman–Crippen MR) is 50.5 cm³/mol. The summed E-state index contributed by atoms with van der Waals surface area (Å²) in [5.41, 5.74) is 0. The Morgan fingerprint density at radius 3 is 2.18 bits per heavy atom. The number of rotatable bonds is 4. The molecule has 0 aliphatic carbocycles. The molecule has 0 aliphatic heterocycles. The fourth-order valence-electron chi connectivity index (χ4n) is 0.606. The molecule has 0 radical (unpaired) electrons. The minimum absolute atomic E-state index is 0.327. The molecule has 0 fully saturated rings. The van der Waals surface area contributed by atoms with E-state index in [1.807, 2.05) is 0 Å². The molecular weight excluding hydrogens is 230 g/mol. The quantitative estimate of drug-likeness (QED) is 0.693. The molecule has 0 aliphatic rings. The average molecular weight is 244 g/mol. The van der Waals surface area contributed by atoms with Crippen molar-refractivity contribution in [3.63, 3.8) is 0 Å². The van der Waals surface area contributed by atoms with E-state index >= 15 is 0 Å². The molecule has 0 amide bonds. The lowest BCUT2D eigenvalue weighted by atomic mass is 10.6. The van der Waals surface area contributed by atoms with Gasteiger partial charge in [0.05, 0.1) is 5.25 Å². The van der Waals surface area contributed by atoms with Gasteiger partial charge in [-0.15, -0.1) is 0 Å². The van der Waals surface area contributed by atoms with Gasteiger partial charge in [0.15, 0.2) is 0 Å². The van der Waals surface area contributed by atoms with Crippen LogP contribution in [0.3, 0.4) is 0 Å². The summed E-state index contributed by atoms with van der Waals surface area (Å²) in [4.78, 5) is 0. The molecule has 3 nitrogen and oxygen atoms in total. The highest BCUT2D eigenvalue weighted by atomic mass is 79.9. The SMILES string of the molecule is CC(C)S(=O)(=O)N(C)CCBr. The van der Waals surface area contributed by atoms with Crippen LogP contribution in [0.5, 0.6) is 0 Å². The minimum Gasteiger partial charge on any atom is -0.212 e. The fourth-order valence-corrected chi connectivity index (χ4v) is 2.44. The van der Waals surface area contributed by atoms with Crippen LogP contribution < -0.4 is 0 Å². The summed E-state index contributed by atoms with van der Waals surface area (Å²) in [6, 6.07) is 0. The molecule has 5 heteroatoms. The summed E-state index contributed by atoms with van der Waals surface area (Å²) < 4.78 is 24.0. The molecule has 68 valence electrons. The van der Waals surface area contributed by atoms with Gasteiger partial charge in [-0.2, -0.15) is 0 Å². The first kappa shape index (κ1) is 11.4. The van der Waals surface area contributed by atoms with Crippen LogP contribution in [0.4, 0.5) is 0 Å². The zero-order chi connectivity index (χ0) is 9.07. The second-order valence-electron chi connectivity index (χ2n) is 2.60. The maximum Gasteiger partial charge on any atom is 0.216 e. The Hall–Kier alpha value is 0.390. The third-order valence-corrected chi connectivity index (χ3v) is 4.03. The van der Waals surface area contributed by atoms with Crippen molar-refractivity contribution in [1.82, 2.24) is 4.31 Å². The predicted octanol–water partition coefficient (Wildman–Crippen LogP) is 1.05. The van der Waals surface area contributed by atoms with Gasteiger partial charge in [-0.05, 0) is 13.8 Å². The van der Waals surface area contributed by atoms with E-state index in [-0.39, 0.29) is 5.25 Å². The molecule has 0 aromatic heterocycles. The number of hydrogen-bond donors (Lipinski definition) is 0. The van der Waals surface area contributed by atoms with Crippen molar-refractivity contribution in [2.75, 3.05) is 18.9 Å². The second kappa shape index (κ2) is 4.42. The van der Waals surface area contributed by atoms with Gasteiger partial charge in [0.2, 0.25) is 10.0 Å². The second-order valence-corrected chi connectivity index (χ2v) is 5.99. The Balaban J connectivity index is 4.32. The molecule has 0 unspecified atom stereocenters. The van der Waals surface area contributed by atoms with Gasteiger partial charge in [-0.25, -0.2) is 12.7 Å². The lowest BCUT2D eigenvalue weighted by molar-refractivity contribution is 0.481. The van der Waals surface area contributed by atoms with Crippen LogP contribution in [0.25, 0.3) is 0 Å². The Morgan fingerprint density at radius 1 is 1.45 bits per heavy atom. The standard InChI is InChI=1S/C6H14BrNO2S/c1-6(2)11(9,10)8(3)5-4-7/h6H,4-5H2,1-3H3. The Kier molecular flexibility index (Phi) is 4.58. The van der Waals surface area contributed by atoms with Crippen LogP contribution in [-0.2, 0) is 10.0 Å². The number of hydrogen-bond acceptors (Lipinski definition) is 2. The third-order valence-electron chi connectivity index (χ3n) is 1.43. The van der Waals surface area contributed by atoms with Gasteiger partial charge >= 0.3 is 0 Å². The normalized spacial score (nSPS) is 12.9. The first-order chi connectivity index (χ1) is 4.92. The van der Waals surface area contributed by atoms with Gasteiger partial charge < -0.3 is 0 Å². The highest BCUT2D eigenvalue weighted by molar-refractivity contribution is 9.09. The summed E-state index contributed by atoms with van der Waals surface area (Å²) in [6.07, 6.45) is 0. The van der Waals surface area contributed by atoms with Crippen molar-refractivity contribution in [1.29, 1.82) is 0 Å². The van der Waals surface area contributed by atoms with Gasteiger partial charge in [0.1, 0.15) is 0 Å². The maximum atomic E-state index is 11.3. The zero-order valence-electron chi connectivity index (χ0n) is 7.04. The van der Waals surface area contributed by atoms with E-state index in [1.165, 1.54) is 4.31 Å². The first-order valence-corrected chi connectivity index (χ1v) is 6.06. The lowest BCUT2D eigenvalue weighted by Gasteiger charge is -2.18. The number of alkyl halides is 1. The minimum atomic E-state index is -3.04. The summed E-state index contributed by atoms with van der Waals surface area (Å²) in [5.74, 6) is 0. The van der Waals surface area contributed by atoms with Crippen LogP contribution in [0, 0.1) is 0 Å². The van der Waals surface area contributed by atoms with Crippen molar-refractivity contribution < 1.29 is 8.42 Å². The molecule has 0 bridgehead atoms. The Bertz CT molecular complexity index is 201. The molecule has 0 rings (SSSR count). The number of sulfonamides is 1. The first-order valence-electron chi connectivity index (χ1n) is 3.44. The van der Waals surface area contributed by atoms with Gasteiger partial charge in [-0.1, -0.05) is 15.9 Å². The van der Waals surface area contributed by atoms with Crippen LogP contribution in [-0.4, -0.2) is 36.9 Å². The van der Waals surface area contributed by atoms with Crippen molar-refractivity contribution in [3.8, 4) is 0 Å². The van der Waals surface area contributed by atoms with E-state index in [2.05, 4.69) is 15.9 Å². The Morgan fingerprint density at radius 2 is 1.91 bits per heavy atom. The summed E-state index contributed by atoms with van der Waals surface area (Å²) in [5, 5.41) is 0.349. The maximum absolute atomic E-state index is 11.3. The molecule has 0 heterocycles. The molecule has 0 aromatic rings. The monoisotopic (exact) mass is 243 g/mol. The summed E-state index contributed by atoms with van der Waals surface area (Å²) in [7, 11) is -1.44. The summed E-state index contributed by atoms with van der Waals surface area (Å²) >= 11 is 3.19. The zero-order valence-corrected chi connectivity index (χ0v) is 9.44. The highest BCUT2D eigenvalue weighted by Gasteiger charge is 2.20. The molecule has 0 saturated heterocycles. The molecule has 0 saturated carbocycles. The molecule has 0 spiro atoms. The smallest absolute Gasteiger partial charge is 0.212 e. The molecule has 0 atom stereocenters. The van der Waals surface area contributed by atoms with E-state index < -0.39 is 10.0 Å². The van der Waals surface area contributed by atoms with Crippen molar-refractivity contribution in [3.05, 3.63) is 0 Å². The van der Waals surface area contributed by atoms with E-state index in [0.29, 0.717) is 11.9 Å². The molecule has 11 heavy (non-hydrogen) atoms. The van der Waals surface area contributed by atoms with Crippen molar-refractivity contribution in [2.45, 2.75) is 19.1 Å². The summed E-state index contributed by atoms with van der Waals surface area (Å²) in [6.45, 7) is 3.89. The van der Waals surface area contributed by atoms with Crippen LogP contribution in [0.15, 0.2) is 0 Å². The van der Waals surface area contributed by atoms with E-state index in [0.717, 1.165) is 0 Å². The number of nitrogens with zero attached hydrogens (tertiary/aromatic N) is 1. The fraction of sp³-hybridized carbons (Fsp3) is 1.00. The van der Waals surface area contributed by atoms with Crippen molar-refractivity contribution >= 4 is 26.0 Å². The van der Waals surface area contributed by atoms with Crippen LogP contribution in [0.1, 0.15) is 13.8 Å². The van der Waals surface area contributed by atoms with Gasteiger partial charge in [-0.3, -0.25) is 0 Å². The largest absolute Gasteiger partial charge is 0.216 e. The molecule has 0 aromatic carbocycles. The lowest BCUT2D eigenvalue weighted by Crippen LogP contribution is -2.34.